The summed E-state index contributed by atoms with van der Waals surface area (Å²) in [5.74, 6) is 0.462. The Kier molecular flexibility index (Phi) is 5.02. The van der Waals surface area contributed by atoms with Crippen molar-refractivity contribution >= 4 is 34.6 Å². The Bertz CT molecular complexity index is 1000. The second kappa shape index (κ2) is 7.56. The Morgan fingerprint density at radius 2 is 1.67 bits per heavy atom. The van der Waals surface area contributed by atoms with Crippen molar-refractivity contribution < 1.29 is 9.72 Å². The fraction of sp³-hybridized carbons (Fsp3) is 0.111. The summed E-state index contributed by atoms with van der Waals surface area (Å²) in [6.07, 6.45) is 2.80. The molecular weight excluding hydrogens is 348 g/mol. The Morgan fingerprint density at radius 1 is 1.00 bits per heavy atom. The van der Waals surface area contributed by atoms with E-state index in [2.05, 4.69) is 25.6 Å². The predicted molar refractivity (Wildman–Crippen MR) is 101 cm³/mol. The molecule has 0 amide bonds. The van der Waals surface area contributed by atoms with E-state index in [-0.39, 0.29) is 23.1 Å². The topological polar surface area (TPSA) is 123 Å². The van der Waals surface area contributed by atoms with Crippen molar-refractivity contribution in [2.24, 2.45) is 0 Å². The van der Waals surface area contributed by atoms with Gasteiger partial charge in [0.2, 0.25) is 11.6 Å². The van der Waals surface area contributed by atoms with Gasteiger partial charge in [-0.25, -0.2) is 15.0 Å². The Balaban J connectivity index is 1.95. The number of benzene rings is 1. The number of ketones is 1. The lowest BCUT2D eigenvalue weighted by Gasteiger charge is -2.11. The molecule has 3 aromatic rings. The van der Waals surface area contributed by atoms with Crippen molar-refractivity contribution in [1.29, 1.82) is 0 Å². The number of carbonyl (C=O) groups is 1. The maximum Gasteiger partial charge on any atom is 0.353 e. The monoisotopic (exact) mass is 364 g/mol. The van der Waals surface area contributed by atoms with Gasteiger partial charge in [0.05, 0.1) is 4.92 Å². The fourth-order valence-electron chi connectivity index (χ4n) is 2.39. The van der Waals surface area contributed by atoms with E-state index < -0.39 is 4.92 Å². The van der Waals surface area contributed by atoms with E-state index in [1.807, 2.05) is 13.0 Å². The molecule has 0 aliphatic carbocycles. The average molecular weight is 364 g/mol. The number of hydrogen-bond acceptors (Lipinski definition) is 8. The maximum atomic E-state index is 11.6. The molecule has 9 nitrogen and oxygen atoms in total. The molecule has 2 N–H and O–H groups in total. The minimum Gasteiger partial charge on any atom is -0.334 e. The Morgan fingerprint density at radius 3 is 2.26 bits per heavy atom. The Hall–Kier alpha value is -3.88. The van der Waals surface area contributed by atoms with E-state index in [4.69, 9.17) is 0 Å². The van der Waals surface area contributed by atoms with E-state index in [0.29, 0.717) is 17.1 Å². The van der Waals surface area contributed by atoms with Crippen LogP contribution in [-0.2, 0) is 0 Å². The summed E-state index contributed by atoms with van der Waals surface area (Å²) in [5, 5.41) is 17.4. The third-order valence-electron chi connectivity index (χ3n) is 3.81. The highest BCUT2D eigenvalue weighted by Crippen LogP contribution is 2.33. The first-order valence-electron chi connectivity index (χ1n) is 8.02. The summed E-state index contributed by atoms with van der Waals surface area (Å²) in [5.41, 5.74) is 1.62. The van der Waals surface area contributed by atoms with Crippen molar-refractivity contribution in [3.05, 3.63) is 70.2 Å². The number of rotatable bonds is 6. The zero-order valence-corrected chi connectivity index (χ0v) is 14.6. The number of anilines is 4. The minimum absolute atomic E-state index is 0.0275. The summed E-state index contributed by atoms with van der Waals surface area (Å²) in [7, 11) is 0. The summed E-state index contributed by atoms with van der Waals surface area (Å²) in [6, 6.07) is 10.2. The number of carbonyl (C=O) groups excluding carboxylic acids is 1. The van der Waals surface area contributed by atoms with Crippen molar-refractivity contribution in [3.63, 3.8) is 0 Å². The highest BCUT2D eigenvalue weighted by atomic mass is 16.6. The summed E-state index contributed by atoms with van der Waals surface area (Å²) < 4.78 is 0. The van der Waals surface area contributed by atoms with Gasteiger partial charge >= 0.3 is 5.69 Å². The van der Waals surface area contributed by atoms with E-state index in [9.17, 15) is 14.9 Å². The highest BCUT2D eigenvalue weighted by molar-refractivity contribution is 5.94. The van der Waals surface area contributed by atoms with Crippen LogP contribution in [0.2, 0.25) is 0 Å². The molecule has 2 heterocycles. The van der Waals surface area contributed by atoms with Crippen molar-refractivity contribution in [3.8, 4) is 0 Å². The zero-order chi connectivity index (χ0) is 19.4. The van der Waals surface area contributed by atoms with Gasteiger partial charge in [-0.1, -0.05) is 6.07 Å². The van der Waals surface area contributed by atoms with Crippen LogP contribution < -0.4 is 10.6 Å². The fourth-order valence-corrected chi connectivity index (χ4v) is 2.39. The molecule has 136 valence electrons. The first-order valence-corrected chi connectivity index (χ1v) is 8.02. The van der Waals surface area contributed by atoms with E-state index in [0.717, 1.165) is 5.56 Å². The molecule has 9 heteroatoms. The first kappa shape index (κ1) is 17.9. The third kappa shape index (κ3) is 4.03. The average Bonchev–Trinajstić information content (AvgIpc) is 2.64. The van der Waals surface area contributed by atoms with Gasteiger partial charge in [-0.3, -0.25) is 14.9 Å². The summed E-state index contributed by atoms with van der Waals surface area (Å²) in [4.78, 5) is 34.6. The Labute approximate surface area is 154 Å². The number of aromatic nitrogens is 3. The smallest absolute Gasteiger partial charge is 0.334 e. The van der Waals surface area contributed by atoms with Crippen LogP contribution in [0.25, 0.3) is 0 Å². The van der Waals surface area contributed by atoms with Gasteiger partial charge in [0, 0.05) is 17.4 Å². The van der Waals surface area contributed by atoms with Gasteiger partial charge in [-0.05, 0) is 49.7 Å². The molecule has 2 aromatic heterocycles. The molecule has 0 aliphatic rings. The quantitative estimate of drug-likeness (QED) is 0.385. The molecule has 27 heavy (non-hydrogen) atoms. The molecule has 0 radical (unpaired) electrons. The van der Waals surface area contributed by atoms with Gasteiger partial charge < -0.3 is 10.6 Å². The number of nitrogens with one attached hydrogen (secondary N) is 2. The lowest BCUT2D eigenvalue weighted by Crippen LogP contribution is -2.06. The second-order valence-corrected chi connectivity index (χ2v) is 5.73. The number of Topliss-reactive ketones (excluding diaryl/α,β-unsaturated/α-hetero) is 1. The van der Waals surface area contributed by atoms with Crippen LogP contribution in [0.4, 0.5) is 28.8 Å². The molecule has 0 fully saturated rings. The molecule has 0 atom stereocenters. The molecule has 0 aliphatic heterocycles. The van der Waals surface area contributed by atoms with E-state index in [1.54, 1.807) is 36.5 Å². The van der Waals surface area contributed by atoms with Crippen LogP contribution >= 0.6 is 0 Å². The zero-order valence-electron chi connectivity index (χ0n) is 14.6. The predicted octanol–water partition coefficient (Wildman–Crippen LogP) is 3.78. The molecule has 0 saturated carbocycles. The first-order chi connectivity index (χ1) is 13.0. The van der Waals surface area contributed by atoms with Gasteiger partial charge in [-0.2, -0.15) is 0 Å². The molecule has 1 aromatic carbocycles. The number of nitro groups is 1. The van der Waals surface area contributed by atoms with Gasteiger partial charge in [-0.15, -0.1) is 0 Å². The number of hydrogen-bond donors (Lipinski definition) is 2. The number of pyridine rings is 1. The van der Waals surface area contributed by atoms with Crippen LogP contribution in [-0.4, -0.2) is 25.7 Å². The van der Waals surface area contributed by atoms with Crippen LogP contribution in [0, 0.1) is 17.0 Å². The van der Waals surface area contributed by atoms with Crippen molar-refractivity contribution in [2.75, 3.05) is 10.6 Å². The SMILES string of the molecule is CC(=O)c1ccc(Nc2ncnc(Nc3ncccc3C)c2[N+](=O)[O-])cc1. The number of nitrogens with zero attached hydrogens (tertiary/aromatic N) is 4. The molecule has 3 rings (SSSR count). The van der Waals surface area contributed by atoms with Gasteiger partial charge in [0.25, 0.3) is 0 Å². The van der Waals surface area contributed by atoms with Crippen molar-refractivity contribution in [2.45, 2.75) is 13.8 Å². The van der Waals surface area contributed by atoms with E-state index >= 15 is 0 Å². The summed E-state index contributed by atoms with van der Waals surface area (Å²) in [6.45, 7) is 3.30. The maximum absolute atomic E-state index is 11.6. The summed E-state index contributed by atoms with van der Waals surface area (Å²) >= 11 is 0. The van der Waals surface area contributed by atoms with Gasteiger partial charge in [0.1, 0.15) is 12.1 Å². The lowest BCUT2D eigenvalue weighted by molar-refractivity contribution is -0.383. The van der Waals surface area contributed by atoms with Crippen LogP contribution in [0.15, 0.2) is 48.9 Å². The van der Waals surface area contributed by atoms with Crippen LogP contribution in [0.3, 0.4) is 0 Å². The van der Waals surface area contributed by atoms with Crippen molar-refractivity contribution in [1.82, 2.24) is 15.0 Å². The third-order valence-corrected chi connectivity index (χ3v) is 3.81. The molecular formula is C18H16N6O3. The van der Waals surface area contributed by atoms with Crippen LogP contribution in [0.5, 0.6) is 0 Å². The molecule has 0 saturated heterocycles. The largest absolute Gasteiger partial charge is 0.353 e. The minimum atomic E-state index is -0.563. The van der Waals surface area contributed by atoms with Gasteiger partial charge in [0.15, 0.2) is 5.78 Å². The lowest BCUT2D eigenvalue weighted by atomic mass is 10.1. The highest BCUT2D eigenvalue weighted by Gasteiger charge is 2.24. The molecule has 0 unspecified atom stereocenters. The molecule has 0 spiro atoms. The standard InChI is InChI=1S/C18H16N6O3/c1-11-4-3-9-19-16(11)23-18-15(24(26)27)17(20-10-21-18)22-14-7-5-13(6-8-14)12(2)25/h3-10H,1-2H3,(H2,19,20,21,22,23). The normalized spacial score (nSPS) is 10.3. The number of aryl methyl sites for hydroxylation is 1. The van der Waals surface area contributed by atoms with Crippen LogP contribution in [0.1, 0.15) is 22.8 Å². The second-order valence-electron chi connectivity index (χ2n) is 5.73. The van der Waals surface area contributed by atoms with E-state index in [1.165, 1.54) is 13.3 Å². The molecule has 0 bridgehead atoms.